The molecule has 0 spiro atoms. The molecule has 1 heterocycles. The van der Waals surface area contributed by atoms with E-state index < -0.39 is 0 Å². The van der Waals surface area contributed by atoms with Gasteiger partial charge in [-0.05, 0) is 12.3 Å². The van der Waals surface area contributed by atoms with Gasteiger partial charge in [-0.3, -0.25) is 4.79 Å². The van der Waals surface area contributed by atoms with Gasteiger partial charge >= 0.3 is 0 Å². The fraction of sp³-hybridized carbons (Fsp3) is 0.900. The highest BCUT2D eigenvalue weighted by atomic mass is 16.5. The lowest BCUT2D eigenvalue weighted by molar-refractivity contribution is -0.136. The third-order valence-electron chi connectivity index (χ3n) is 2.79. The third-order valence-corrected chi connectivity index (χ3v) is 2.79. The highest BCUT2D eigenvalue weighted by molar-refractivity contribution is 5.76. The van der Waals surface area contributed by atoms with Gasteiger partial charge in [-0.15, -0.1) is 0 Å². The molecule has 1 aliphatic rings. The number of ether oxygens (including phenoxy) is 1. The number of hydrogen-bond acceptors (Lipinski definition) is 3. The van der Waals surface area contributed by atoms with Crippen molar-refractivity contribution in [2.45, 2.75) is 25.9 Å². The predicted octanol–water partition coefficient (Wildman–Crippen LogP) is 0.252. The average Bonchev–Trinajstić information content (AvgIpc) is 2.18. The lowest BCUT2D eigenvalue weighted by atomic mass is 9.96. The summed E-state index contributed by atoms with van der Waals surface area (Å²) in [4.78, 5) is 13.3. The number of β-amino-alcohol motifs (C(OH)–C–C–N with tert-alkyl or cyclic N) is 1. The zero-order valence-corrected chi connectivity index (χ0v) is 8.90. The van der Waals surface area contributed by atoms with Crippen LogP contribution in [0.2, 0.25) is 0 Å². The Morgan fingerprint density at radius 2 is 2.36 bits per heavy atom. The molecular formula is C10H19NO3. The summed E-state index contributed by atoms with van der Waals surface area (Å²) in [5.41, 5.74) is 0. The van der Waals surface area contributed by atoms with Crippen molar-refractivity contribution in [3.63, 3.8) is 0 Å². The quantitative estimate of drug-likeness (QED) is 0.712. The molecule has 0 aromatic carbocycles. The van der Waals surface area contributed by atoms with Gasteiger partial charge in [-0.2, -0.15) is 0 Å². The van der Waals surface area contributed by atoms with Gasteiger partial charge in [0.05, 0.1) is 19.1 Å². The minimum absolute atomic E-state index is 0.0813. The van der Waals surface area contributed by atoms with Crippen molar-refractivity contribution < 1.29 is 14.6 Å². The van der Waals surface area contributed by atoms with E-state index in [1.807, 2.05) is 6.92 Å². The Kier molecular flexibility index (Phi) is 4.35. The van der Waals surface area contributed by atoms with Gasteiger partial charge in [-0.25, -0.2) is 0 Å². The van der Waals surface area contributed by atoms with Crippen LogP contribution in [0.5, 0.6) is 0 Å². The van der Waals surface area contributed by atoms with E-state index in [4.69, 9.17) is 4.74 Å². The number of carbonyl (C=O) groups is 1. The highest BCUT2D eigenvalue weighted by Gasteiger charge is 2.26. The number of carbonyl (C=O) groups excluding carboxylic acids is 1. The molecule has 1 rings (SSSR count). The van der Waals surface area contributed by atoms with E-state index in [9.17, 15) is 9.90 Å². The molecule has 4 heteroatoms. The van der Waals surface area contributed by atoms with E-state index in [-0.39, 0.29) is 12.0 Å². The largest absolute Gasteiger partial charge is 0.391 e. The van der Waals surface area contributed by atoms with E-state index in [0.717, 1.165) is 13.0 Å². The zero-order chi connectivity index (χ0) is 10.6. The maximum Gasteiger partial charge on any atom is 0.224 e. The number of hydrogen-bond donors (Lipinski definition) is 1. The number of likely N-dealkylation sites (tertiary alicyclic amines) is 1. The molecule has 1 fully saturated rings. The summed E-state index contributed by atoms with van der Waals surface area (Å²) >= 11 is 0. The summed E-state index contributed by atoms with van der Waals surface area (Å²) in [6.45, 7) is 3.72. The van der Waals surface area contributed by atoms with Crippen LogP contribution in [0.4, 0.5) is 0 Å². The van der Waals surface area contributed by atoms with Gasteiger partial charge in [0.25, 0.3) is 0 Å². The van der Waals surface area contributed by atoms with Crippen LogP contribution >= 0.6 is 0 Å². The Labute approximate surface area is 84.8 Å². The Hall–Kier alpha value is -0.610. The molecule has 4 nitrogen and oxygen atoms in total. The Morgan fingerprint density at radius 1 is 1.64 bits per heavy atom. The minimum atomic E-state index is -0.366. The number of methoxy groups -OCH3 is 1. The van der Waals surface area contributed by atoms with Crippen molar-refractivity contribution in [2.75, 3.05) is 26.8 Å². The van der Waals surface area contributed by atoms with Crippen LogP contribution in [0.25, 0.3) is 0 Å². The summed E-state index contributed by atoms with van der Waals surface area (Å²) in [7, 11) is 1.58. The van der Waals surface area contributed by atoms with E-state index >= 15 is 0 Å². The second-order valence-corrected chi connectivity index (χ2v) is 3.92. The first-order valence-electron chi connectivity index (χ1n) is 5.10. The Morgan fingerprint density at radius 3 is 2.93 bits per heavy atom. The van der Waals surface area contributed by atoms with Crippen molar-refractivity contribution in [1.29, 1.82) is 0 Å². The van der Waals surface area contributed by atoms with E-state index in [0.29, 0.717) is 25.5 Å². The number of rotatable bonds is 3. The van der Waals surface area contributed by atoms with Gasteiger partial charge in [0.15, 0.2) is 0 Å². The topological polar surface area (TPSA) is 49.8 Å². The van der Waals surface area contributed by atoms with Crippen molar-refractivity contribution in [2.24, 2.45) is 5.92 Å². The fourth-order valence-corrected chi connectivity index (χ4v) is 1.62. The summed E-state index contributed by atoms with van der Waals surface area (Å²) < 4.78 is 4.84. The average molecular weight is 201 g/mol. The smallest absolute Gasteiger partial charge is 0.224 e. The molecule has 0 aliphatic carbocycles. The normalized spacial score (nSPS) is 27.8. The molecule has 0 bridgehead atoms. The SMILES string of the molecule is COCCC(=O)N1CCC(C)C(O)C1. The fourth-order valence-electron chi connectivity index (χ4n) is 1.62. The van der Waals surface area contributed by atoms with Crippen LogP contribution in [0.3, 0.4) is 0 Å². The molecular weight excluding hydrogens is 182 g/mol. The lowest BCUT2D eigenvalue weighted by Crippen LogP contribution is -2.46. The van der Waals surface area contributed by atoms with Gasteiger partial charge in [-0.1, -0.05) is 6.92 Å². The molecule has 0 aromatic heterocycles. The molecule has 14 heavy (non-hydrogen) atoms. The van der Waals surface area contributed by atoms with Gasteiger partial charge in [0, 0.05) is 20.2 Å². The minimum Gasteiger partial charge on any atom is -0.391 e. The first-order chi connectivity index (χ1) is 6.65. The number of aliphatic hydroxyl groups is 1. The second-order valence-electron chi connectivity index (χ2n) is 3.92. The van der Waals surface area contributed by atoms with Gasteiger partial charge in [0.2, 0.25) is 5.91 Å². The molecule has 1 amide bonds. The third kappa shape index (κ3) is 2.96. The molecule has 0 aromatic rings. The van der Waals surface area contributed by atoms with Crippen LogP contribution in [-0.4, -0.2) is 48.8 Å². The molecule has 2 atom stereocenters. The maximum absolute atomic E-state index is 11.5. The van der Waals surface area contributed by atoms with E-state index in [1.54, 1.807) is 12.0 Å². The van der Waals surface area contributed by atoms with Crippen LogP contribution in [-0.2, 0) is 9.53 Å². The van der Waals surface area contributed by atoms with E-state index in [2.05, 4.69) is 0 Å². The second kappa shape index (κ2) is 5.32. The predicted molar refractivity (Wildman–Crippen MR) is 52.9 cm³/mol. The maximum atomic E-state index is 11.5. The van der Waals surface area contributed by atoms with Gasteiger partial charge < -0.3 is 14.7 Å². The van der Waals surface area contributed by atoms with Crippen molar-refractivity contribution >= 4 is 5.91 Å². The molecule has 2 unspecified atom stereocenters. The zero-order valence-electron chi connectivity index (χ0n) is 8.90. The molecule has 0 radical (unpaired) electrons. The monoisotopic (exact) mass is 201 g/mol. The van der Waals surface area contributed by atoms with Crippen LogP contribution in [0.15, 0.2) is 0 Å². The number of amides is 1. The summed E-state index contributed by atoms with van der Waals surface area (Å²) in [5.74, 6) is 0.388. The van der Waals surface area contributed by atoms with Crippen molar-refractivity contribution in [3.8, 4) is 0 Å². The molecule has 82 valence electrons. The molecule has 1 aliphatic heterocycles. The molecule has 1 saturated heterocycles. The number of nitrogens with zero attached hydrogens (tertiary/aromatic N) is 1. The van der Waals surface area contributed by atoms with Crippen molar-refractivity contribution in [1.82, 2.24) is 4.90 Å². The number of piperidine rings is 1. The van der Waals surface area contributed by atoms with Gasteiger partial charge in [0.1, 0.15) is 0 Å². The lowest BCUT2D eigenvalue weighted by Gasteiger charge is -2.34. The van der Waals surface area contributed by atoms with Crippen LogP contribution in [0, 0.1) is 5.92 Å². The first kappa shape index (κ1) is 11.5. The summed E-state index contributed by atoms with van der Waals surface area (Å²) in [6, 6.07) is 0. The first-order valence-corrected chi connectivity index (χ1v) is 5.10. The van der Waals surface area contributed by atoms with Crippen molar-refractivity contribution in [3.05, 3.63) is 0 Å². The summed E-state index contributed by atoms with van der Waals surface area (Å²) in [6.07, 6.45) is 0.938. The summed E-state index contributed by atoms with van der Waals surface area (Å²) in [5, 5.41) is 9.60. The number of aliphatic hydroxyl groups excluding tert-OH is 1. The van der Waals surface area contributed by atoms with E-state index in [1.165, 1.54) is 0 Å². The standard InChI is InChI=1S/C10H19NO3/c1-8-3-5-11(7-9(8)12)10(13)4-6-14-2/h8-9,12H,3-7H2,1-2H3. The van der Waals surface area contributed by atoms with Crippen LogP contribution in [0.1, 0.15) is 19.8 Å². The highest BCUT2D eigenvalue weighted by Crippen LogP contribution is 2.17. The molecule has 1 N–H and O–H groups in total. The van der Waals surface area contributed by atoms with Crippen LogP contribution < -0.4 is 0 Å². The Balaban J connectivity index is 2.34. The Bertz CT molecular complexity index is 196. The molecule has 0 saturated carbocycles.